The Bertz CT molecular complexity index is 713. The number of benzene rings is 1. The molecule has 118 valence electrons. The van der Waals surface area contributed by atoms with Gasteiger partial charge in [0.15, 0.2) is 16.9 Å². The first-order valence-corrected chi connectivity index (χ1v) is 7.12. The summed E-state index contributed by atoms with van der Waals surface area (Å²) in [5.41, 5.74) is 6.12. The van der Waals surface area contributed by atoms with E-state index >= 15 is 0 Å². The van der Waals surface area contributed by atoms with Crippen molar-refractivity contribution in [3.8, 4) is 11.5 Å². The summed E-state index contributed by atoms with van der Waals surface area (Å²) < 4.78 is 22.1. The number of nitrogens with two attached hydrogens (primary N) is 1. The topological polar surface area (TPSA) is 95.8 Å². The highest BCUT2D eigenvalue weighted by molar-refractivity contribution is 5.83. The van der Waals surface area contributed by atoms with Gasteiger partial charge in [-0.3, -0.25) is 4.79 Å². The number of hydrogen-bond donors (Lipinski definition) is 2. The van der Waals surface area contributed by atoms with Gasteiger partial charge in [0.1, 0.15) is 19.0 Å². The zero-order valence-electron chi connectivity index (χ0n) is 12.1. The van der Waals surface area contributed by atoms with Gasteiger partial charge in [0.2, 0.25) is 0 Å². The van der Waals surface area contributed by atoms with Crippen molar-refractivity contribution in [1.82, 2.24) is 4.98 Å². The van der Waals surface area contributed by atoms with Gasteiger partial charge in [-0.2, -0.15) is 0 Å². The van der Waals surface area contributed by atoms with Crippen LogP contribution in [0.15, 0.2) is 23.0 Å². The number of anilines is 1. The van der Waals surface area contributed by atoms with Gasteiger partial charge in [0, 0.05) is 17.5 Å². The lowest BCUT2D eigenvalue weighted by Gasteiger charge is -2.16. The van der Waals surface area contributed by atoms with Crippen LogP contribution in [0, 0.1) is 0 Å². The minimum Gasteiger partial charge on any atom is -0.487 e. The number of aromatic amines is 1. The summed E-state index contributed by atoms with van der Waals surface area (Å²) in [6, 6.07) is 4.73. The third kappa shape index (κ3) is 3.32. The van der Waals surface area contributed by atoms with Crippen LogP contribution < -0.4 is 20.6 Å². The van der Waals surface area contributed by atoms with Crippen molar-refractivity contribution in [1.29, 1.82) is 0 Å². The largest absolute Gasteiger partial charge is 0.487 e. The minimum atomic E-state index is -0.164. The molecule has 0 unspecified atom stereocenters. The van der Waals surface area contributed by atoms with E-state index in [1.807, 2.05) is 0 Å². The number of nitrogen functional groups attached to an aromatic ring is 1. The molecule has 0 aliphatic carbocycles. The van der Waals surface area contributed by atoms with Crippen LogP contribution in [0.4, 0.5) is 5.82 Å². The summed E-state index contributed by atoms with van der Waals surface area (Å²) in [5, 5.41) is 0.501. The zero-order chi connectivity index (χ0) is 15.4. The van der Waals surface area contributed by atoms with E-state index in [0.29, 0.717) is 67.9 Å². The van der Waals surface area contributed by atoms with E-state index < -0.39 is 0 Å². The molecule has 1 aliphatic heterocycles. The number of H-pyrrole nitrogens is 1. The van der Waals surface area contributed by atoms with Crippen LogP contribution >= 0.6 is 0 Å². The molecule has 0 fully saturated rings. The Morgan fingerprint density at radius 2 is 1.45 bits per heavy atom. The fraction of sp³-hybridized carbons (Fsp3) is 0.400. The molecule has 1 aliphatic rings. The molecule has 0 spiro atoms. The van der Waals surface area contributed by atoms with Crippen molar-refractivity contribution in [3.63, 3.8) is 0 Å². The standard InChI is InChI=1S/C15H18N2O5/c16-15-9-12(18)10-7-13-14(8-11(10)17-15)22-6-4-20-2-1-19-3-5-21-13/h7-9H,1-6H2,(H3,16,17,18). The highest BCUT2D eigenvalue weighted by Crippen LogP contribution is 2.31. The Labute approximate surface area is 126 Å². The van der Waals surface area contributed by atoms with Crippen LogP contribution in [-0.4, -0.2) is 44.6 Å². The maximum absolute atomic E-state index is 12.0. The van der Waals surface area contributed by atoms with Crippen molar-refractivity contribution in [2.24, 2.45) is 0 Å². The number of rotatable bonds is 0. The Morgan fingerprint density at radius 3 is 2.14 bits per heavy atom. The highest BCUT2D eigenvalue weighted by atomic mass is 16.6. The van der Waals surface area contributed by atoms with E-state index in [4.69, 9.17) is 24.7 Å². The van der Waals surface area contributed by atoms with Gasteiger partial charge >= 0.3 is 0 Å². The predicted octanol–water partition coefficient (Wildman–Crippen LogP) is 0.915. The fourth-order valence-electron chi connectivity index (χ4n) is 2.25. The summed E-state index contributed by atoms with van der Waals surface area (Å²) in [6.07, 6.45) is 0. The molecular weight excluding hydrogens is 288 g/mol. The van der Waals surface area contributed by atoms with Crippen LogP contribution in [0.2, 0.25) is 0 Å². The maximum atomic E-state index is 12.0. The van der Waals surface area contributed by atoms with E-state index in [9.17, 15) is 4.79 Å². The molecule has 1 aromatic carbocycles. The van der Waals surface area contributed by atoms with E-state index in [1.54, 1.807) is 12.1 Å². The smallest absolute Gasteiger partial charge is 0.191 e. The van der Waals surface area contributed by atoms with Gasteiger partial charge in [-0.25, -0.2) is 0 Å². The Balaban J connectivity index is 1.98. The Kier molecular flexibility index (Phi) is 4.45. The SMILES string of the molecule is Nc1cc(=O)c2cc3c(cc2[nH]1)OCCOCCOCCO3. The van der Waals surface area contributed by atoms with Crippen LogP contribution in [-0.2, 0) is 9.47 Å². The number of hydrogen-bond acceptors (Lipinski definition) is 6. The van der Waals surface area contributed by atoms with Crippen LogP contribution in [0.25, 0.3) is 10.9 Å². The molecule has 0 saturated carbocycles. The first-order chi connectivity index (χ1) is 10.7. The van der Waals surface area contributed by atoms with E-state index in [2.05, 4.69) is 4.98 Å². The Morgan fingerprint density at radius 1 is 0.864 bits per heavy atom. The number of aromatic nitrogens is 1. The predicted molar refractivity (Wildman–Crippen MR) is 81.6 cm³/mol. The van der Waals surface area contributed by atoms with E-state index in [1.165, 1.54) is 6.07 Å². The average molecular weight is 306 g/mol. The second kappa shape index (κ2) is 6.67. The third-order valence-corrected chi connectivity index (χ3v) is 3.26. The second-order valence-corrected chi connectivity index (χ2v) is 4.86. The normalized spacial score (nSPS) is 16.7. The van der Waals surface area contributed by atoms with Crippen molar-refractivity contribution in [2.75, 3.05) is 45.4 Å². The average Bonchev–Trinajstić information content (AvgIpc) is 2.47. The summed E-state index contributed by atoms with van der Waals surface area (Å²) in [4.78, 5) is 15.0. The van der Waals surface area contributed by atoms with E-state index in [0.717, 1.165) is 0 Å². The monoisotopic (exact) mass is 306 g/mol. The lowest BCUT2D eigenvalue weighted by atomic mass is 10.2. The lowest BCUT2D eigenvalue weighted by Crippen LogP contribution is -2.16. The number of fused-ring (bicyclic) bond motifs is 2. The first-order valence-electron chi connectivity index (χ1n) is 7.12. The second-order valence-electron chi connectivity index (χ2n) is 4.86. The minimum absolute atomic E-state index is 0.164. The molecule has 7 nitrogen and oxygen atoms in total. The Hall–Kier alpha value is -2.25. The summed E-state index contributed by atoms with van der Waals surface area (Å²) in [6.45, 7) is 2.70. The van der Waals surface area contributed by atoms with Crippen LogP contribution in [0.5, 0.6) is 11.5 Å². The lowest BCUT2D eigenvalue weighted by molar-refractivity contribution is 0.0224. The maximum Gasteiger partial charge on any atom is 0.191 e. The highest BCUT2D eigenvalue weighted by Gasteiger charge is 2.11. The van der Waals surface area contributed by atoms with Crippen LogP contribution in [0.1, 0.15) is 0 Å². The molecule has 1 aromatic heterocycles. The number of ether oxygens (including phenoxy) is 4. The van der Waals surface area contributed by atoms with Crippen molar-refractivity contribution in [3.05, 3.63) is 28.4 Å². The summed E-state index contributed by atoms with van der Waals surface area (Å²) in [7, 11) is 0. The van der Waals surface area contributed by atoms with Gasteiger partial charge in [-0.05, 0) is 6.07 Å². The van der Waals surface area contributed by atoms with Gasteiger partial charge in [0.25, 0.3) is 0 Å². The fourth-order valence-corrected chi connectivity index (χ4v) is 2.25. The summed E-state index contributed by atoms with van der Waals surface area (Å²) in [5.74, 6) is 1.35. The number of nitrogens with one attached hydrogen (secondary N) is 1. The molecule has 3 rings (SSSR count). The molecule has 2 aromatic rings. The van der Waals surface area contributed by atoms with Crippen molar-refractivity contribution in [2.45, 2.75) is 0 Å². The van der Waals surface area contributed by atoms with Gasteiger partial charge < -0.3 is 29.7 Å². The van der Waals surface area contributed by atoms with Gasteiger partial charge in [0.05, 0.1) is 31.9 Å². The summed E-state index contributed by atoms with van der Waals surface area (Å²) >= 11 is 0. The molecular formula is C15H18N2O5. The molecule has 22 heavy (non-hydrogen) atoms. The quantitative estimate of drug-likeness (QED) is 0.751. The number of pyridine rings is 1. The molecule has 0 bridgehead atoms. The van der Waals surface area contributed by atoms with Gasteiger partial charge in [-0.15, -0.1) is 0 Å². The van der Waals surface area contributed by atoms with E-state index in [-0.39, 0.29) is 5.43 Å². The molecule has 2 heterocycles. The third-order valence-electron chi connectivity index (χ3n) is 3.26. The molecule has 0 radical (unpaired) electrons. The van der Waals surface area contributed by atoms with Crippen molar-refractivity contribution >= 4 is 16.7 Å². The molecule has 7 heteroatoms. The van der Waals surface area contributed by atoms with Crippen LogP contribution in [0.3, 0.4) is 0 Å². The zero-order valence-corrected chi connectivity index (χ0v) is 12.1. The molecule has 0 saturated heterocycles. The first kappa shape index (κ1) is 14.7. The molecule has 0 atom stereocenters. The van der Waals surface area contributed by atoms with Gasteiger partial charge in [-0.1, -0.05) is 0 Å². The molecule has 0 amide bonds. The van der Waals surface area contributed by atoms with Crippen molar-refractivity contribution < 1.29 is 18.9 Å². The molecule has 3 N–H and O–H groups in total.